The second kappa shape index (κ2) is 8.59. The van der Waals surface area contributed by atoms with Crippen molar-refractivity contribution < 1.29 is 18.0 Å². The molecule has 1 atom stereocenters. The molecule has 1 N–H and O–H groups in total. The lowest BCUT2D eigenvalue weighted by Gasteiger charge is -2.33. The van der Waals surface area contributed by atoms with Crippen molar-refractivity contribution in [3.8, 4) is 0 Å². The second-order valence-corrected chi connectivity index (χ2v) is 11.8. The first-order valence-electron chi connectivity index (χ1n) is 10.4. The summed E-state index contributed by atoms with van der Waals surface area (Å²) in [6.45, 7) is 8.63. The highest BCUT2D eigenvalue weighted by atomic mass is 79.9. The van der Waals surface area contributed by atoms with Crippen molar-refractivity contribution in [1.29, 1.82) is 0 Å². The fraction of sp³-hybridized carbons (Fsp3) is 0.619. The van der Waals surface area contributed by atoms with Gasteiger partial charge in [-0.25, -0.2) is 8.42 Å². The number of hydrogen-bond acceptors (Lipinski definition) is 4. The summed E-state index contributed by atoms with van der Waals surface area (Å²) in [5, 5.41) is 2.96. The molecule has 166 valence electrons. The molecule has 0 saturated carbocycles. The molecule has 1 aromatic carbocycles. The molecule has 1 saturated heterocycles. The topological polar surface area (TPSA) is 86.8 Å². The predicted molar refractivity (Wildman–Crippen MR) is 120 cm³/mol. The number of nitrogens with zero attached hydrogens (tertiary/aromatic N) is 2. The first-order valence-corrected chi connectivity index (χ1v) is 12.6. The smallest absolute Gasteiger partial charge is 0.244 e. The van der Waals surface area contributed by atoms with Gasteiger partial charge in [0.1, 0.15) is 0 Å². The van der Waals surface area contributed by atoms with Crippen LogP contribution in [0.5, 0.6) is 0 Å². The average molecular weight is 500 g/mol. The van der Waals surface area contributed by atoms with Crippen molar-refractivity contribution in [3.05, 3.63) is 22.2 Å². The van der Waals surface area contributed by atoms with Gasteiger partial charge in [0.05, 0.1) is 10.8 Å². The third kappa shape index (κ3) is 4.73. The molecule has 2 heterocycles. The lowest BCUT2D eigenvalue weighted by molar-refractivity contribution is -0.127. The van der Waals surface area contributed by atoms with E-state index in [0.29, 0.717) is 48.9 Å². The molecular weight excluding hydrogens is 470 g/mol. The summed E-state index contributed by atoms with van der Waals surface area (Å²) in [7, 11) is -3.81. The van der Waals surface area contributed by atoms with Gasteiger partial charge in [-0.3, -0.25) is 9.59 Å². The third-order valence-corrected chi connectivity index (χ3v) is 8.33. The third-order valence-electron chi connectivity index (χ3n) is 5.50. The molecule has 30 heavy (non-hydrogen) atoms. The molecule has 3 rings (SSSR count). The van der Waals surface area contributed by atoms with Crippen molar-refractivity contribution in [2.75, 3.05) is 24.5 Å². The Hall–Kier alpha value is -1.45. The van der Waals surface area contributed by atoms with E-state index in [-0.39, 0.29) is 34.7 Å². The largest absolute Gasteiger partial charge is 0.351 e. The molecule has 2 amide bonds. The van der Waals surface area contributed by atoms with Gasteiger partial charge in [-0.2, -0.15) is 4.31 Å². The number of benzene rings is 1. The number of amides is 2. The highest BCUT2D eigenvalue weighted by Crippen LogP contribution is 2.37. The van der Waals surface area contributed by atoms with E-state index in [1.165, 1.54) is 4.31 Å². The van der Waals surface area contributed by atoms with Crippen molar-refractivity contribution in [1.82, 2.24) is 9.62 Å². The van der Waals surface area contributed by atoms with Gasteiger partial charge in [-0.15, -0.1) is 0 Å². The van der Waals surface area contributed by atoms with Crippen LogP contribution < -0.4 is 10.2 Å². The molecule has 9 heteroatoms. The maximum absolute atomic E-state index is 13.5. The Bertz CT molecular complexity index is 956. The lowest BCUT2D eigenvalue weighted by Crippen LogP contribution is -2.49. The predicted octanol–water partition coefficient (Wildman–Crippen LogP) is 3.06. The van der Waals surface area contributed by atoms with Crippen LogP contribution in [0.15, 0.2) is 21.5 Å². The van der Waals surface area contributed by atoms with Crippen LogP contribution in [0.3, 0.4) is 0 Å². The number of carbonyl (C=O) groups excluding carboxylic acids is 2. The Morgan fingerprint density at radius 1 is 1.23 bits per heavy atom. The second-order valence-electron chi connectivity index (χ2n) is 9.00. The minimum atomic E-state index is -3.81. The van der Waals surface area contributed by atoms with E-state index >= 15 is 0 Å². The number of hydrogen-bond donors (Lipinski definition) is 1. The molecule has 0 bridgehead atoms. The molecular formula is C21H30BrN3O4S. The van der Waals surface area contributed by atoms with Crippen LogP contribution >= 0.6 is 15.9 Å². The first kappa shape index (κ1) is 23.2. The van der Waals surface area contributed by atoms with E-state index in [2.05, 4.69) is 21.2 Å². The summed E-state index contributed by atoms with van der Waals surface area (Å²) in [4.78, 5) is 26.7. The summed E-state index contributed by atoms with van der Waals surface area (Å²) >= 11 is 3.42. The Morgan fingerprint density at radius 2 is 1.93 bits per heavy atom. The number of fused-ring (bicyclic) bond motifs is 1. The van der Waals surface area contributed by atoms with Gasteiger partial charge >= 0.3 is 0 Å². The normalized spacial score (nSPS) is 20.2. The van der Waals surface area contributed by atoms with E-state index in [1.807, 2.05) is 20.8 Å². The Kier molecular flexibility index (Phi) is 6.65. The summed E-state index contributed by atoms with van der Waals surface area (Å²) in [5.41, 5.74) is 1.27. The minimum Gasteiger partial charge on any atom is -0.351 e. The monoisotopic (exact) mass is 499 g/mol. The van der Waals surface area contributed by atoms with E-state index in [1.54, 1.807) is 24.0 Å². The molecule has 2 aliphatic heterocycles. The molecule has 0 unspecified atom stereocenters. The molecule has 2 aliphatic rings. The fourth-order valence-electron chi connectivity index (χ4n) is 4.02. The van der Waals surface area contributed by atoms with Crippen molar-refractivity contribution in [2.45, 2.75) is 63.8 Å². The lowest BCUT2D eigenvalue weighted by atomic mass is 9.97. The van der Waals surface area contributed by atoms with Crippen LogP contribution in [0.1, 0.15) is 52.5 Å². The molecule has 0 aromatic heterocycles. The van der Waals surface area contributed by atoms with Gasteiger partial charge in [0.25, 0.3) is 0 Å². The van der Waals surface area contributed by atoms with E-state index in [0.717, 1.165) is 5.56 Å². The molecule has 0 aliphatic carbocycles. The maximum Gasteiger partial charge on any atom is 0.244 e. The summed E-state index contributed by atoms with van der Waals surface area (Å²) in [6.07, 6.45) is 2.37. The van der Waals surface area contributed by atoms with Crippen LogP contribution in [0.2, 0.25) is 0 Å². The standard InChI is InChI=1S/C21H30BrN3O4S/c1-5-19(26)25-10-8-14-11-16(22)18(12-17(14)25)30(28,29)24-9-6-7-15(13-24)20(27)23-21(2,3)4/h11-12,15H,5-10,13H2,1-4H3,(H,23,27)/t15-/m0/s1. The number of rotatable bonds is 4. The van der Waals surface area contributed by atoms with Gasteiger partial charge in [0.2, 0.25) is 21.8 Å². The van der Waals surface area contributed by atoms with Crippen molar-refractivity contribution in [2.24, 2.45) is 5.92 Å². The molecule has 0 radical (unpaired) electrons. The quantitative estimate of drug-likeness (QED) is 0.689. The first-order chi connectivity index (χ1) is 13.9. The van der Waals surface area contributed by atoms with E-state index in [4.69, 9.17) is 0 Å². The van der Waals surface area contributed by atoms with Crippen LogP contribution in [0.4, 0.5) is 5.69 Å². The SMILES string of the molecule is CCC(=O)N1CCc2cc(Br)c(S(=O)(=O)N3CCC[C@H](C(=O)NC(C)(C)C)C3)cc21. The van der Waals surface area contributed by atoms with Gasteiger partial charge in [-0.05, 0) is 73.7 Å². The van der Waals surface area contributed by atoms with Crippen LogP contribution in [0, 0.1) is 5.92 Å². The molecule has 0 spiro atoms. The zero-order chi connectivity index (χ0) is 22.3. The van der Waals surface area contributed by atoms with Gasteiger partial charge in [0, 0.05) is 41.8 Å². The molecule has 1 fully saturated rings. The number of nitrogens with one attached hydrogen (secondary N) is 1. The summed E-state index contributed by atoms with van der Waals surface area (Å²) in [5.74, 6) is -0.509. The highest BCUT2D eigenvalue weighted by molar-refractivity contribution is 9.10. The van der Waals surface area contributed by atoms with Crippen LogP contribution in [0.25, 0.3) is 0 Å². The molecule has 1 aromatic rings. The van der Waals surface area contributed by atoms with Crippen LogP contribution in [-0.2, 0) is 26.0 Å². The Labute approximate surface area is 187 Å². The zero-order valence-corrected chi connectivity index (χ0v) is 20.4. The number of piperidine rings is 1. The van der Waals surface area contributed by atoms with Crippen molar-refractivity contribution in [3.63, 3.8) is 0 Å². The maximum atomic E-state index is 13.5. The fourth-order valence-corrected chi connectivity index (χ4v) is 6.62. The summed E-state index contributed by atoms with van der Waals surface area (Å²) in [6, 6.07) is 3.41. The zero-order valence-electron chi connectivity index (χ0n) is 18.0. The minimum absolute atomic E-state index is 0.0173. The van der Waals surface area contributed by atoms with Crippen LogP contribution in [-0.4, -0.2) is 49.7 Å². The Balaban J connectivity index is 1.88. The number of carbonyl (C=O) groups is 2. The van der Waals surface area contributed by atoms with Gasteiger partial charge in [-0.1, -0.05) is 6.92 Å². The van der Waals surface area contributed by atoms with E-state index in [9.17, 15) is 18.0 Å². The number of sulfonamides is 1. The number of halogens is 1. The highest BCUT2D eigenvalue weighted by Gasteiger charge is 2.36. The number of anilines is 1. The van der Waals surface area contributed by atoms with Gasteiger partial charge < -0.3 is 10.2 Å². The molecule has 7 nitrogen and oxygen atoms in total. The summed E-state index contributed by atoms with van der Waals surface area (Å²) < 4.78 is 28.8. The van der Waals surface area contributed by atoms with Gasteiger partial charge in [0.15, 0.2) is 0 Å². The average Bonchev–Trinajstić information content (AvgIpc) is 3.08. The Morgan fingerprint density at radius 3 is 2.57 bits per heavy atom. The van der Waals surface area contributed by atoms with E-state index < -0.39 is 10.0 Å². The van der Waals surface area contributed by atoms with Crippen molar-refractivity contribution >= 4 is 43.5 Å².